The highest BCUT2D eigenvalue weighted by molar-refractivity contribution is 5.89. The summed E-state index contributed by atoms with van der Waals surface area (Å²) in [5.74, 6) is -1.23. The normalized spacial score (nSPS) is 21.8. The number of carbonyl (C=O) groups excluding carboxylic acids is 1. The number of aliphatic hydroxyl groups is 1. The Hall–Kier alpha value is -2.98. The van der Waals surface area contributed by atoms with Crippen molar-refractivity contribution in [2.75, 3.05) is 13.7 Å². The number of carbonyl (C=O) groups is 1. The predicted octanol–water partition coefficient (Wildman–Crippen LogP) is 0.190. The molecule has 10 heteroatoms. The molecule has 1 aliphatic rings. The van der Waals surface area contributed by atoms with Gasteiger partial charge in [0, 0.05) is 6.42 Å². The fourth-order valence-electron chi connectivity index (χ4n) is 2.77. The van der Waals surface area contributed by atoms with Crippen molar-refractivity contribution in [2.24, 2.45) is 0 Å². The molecule has 0 spiro atoms. The lowest BCUT2D eigenvalue weighted by atomic mass is 10.1. The lowest BCUT2D eigenvalue weighted by molar-refractivity contribution is -0.0524. The molecule has 1 fully saturated rings. The zero-order valence-corrected chi connectivity index (χ0v) is 14.3. The zero-order chi connectivity index (χ0) is 19.6. The molecule has 1 aromatic carbocycles. The highest BCUT2D eigenvalue weighted by atomic mass is 19.1. The fraction of sp³-hybridized carbons (Fsp3) is 0.353. The average Bonchev–Trinajstić information content (AvgIpc) is 3.07. The first-order valence-electron chi connectivity index (χ1n) is 8.05. The van der Waals surface area contributed by atoms with Gasteiger partial charge in [0.1, 0.15) is 24.2 Å². The SMILES string of the molecule is COc1ccc(C(=O)O[C@H]2C[C@H](n3cc(F)c(=O)[nH]c3=O)O[C@@H]2CO)cc1. The molecular weight excluding hydrogens is 363 g/mol. The minimum Gasteiger partial charge on any atom is -0.497 e. The number of halogens is 1. The number of aromatic nitrogens is 2. The monoisotopic (exact) mass is 380 g/mol. The Morgan fingerprint density at radius 3 is 2.70 bits per heavy atom. The number of aromatic amines is 1. The van der Waals surface area contributed by atoms with E-state index < -0.39 is 48.1 Å². The molecular formula is C17H17FN2O7. The third-order valence-electron chi connectivity index (χ3n) is 4.18. The van der Waals surface area contributed by atoms with Crippen LogP contribution in [0.25, 0.3) is 0 Å². The summed E-state index contributed by atoms with van der Waals surface area (Å²) in [6.07, 6.45) is -2.06. The molecule has 2 aromatic rings. The van der Waals surface area contributed by atoms with Crippen LogP contribution in [0.1, 0.15) is 23.0 Å². The number of H-pyrrole nitrogens is 1. The van der Waals surface area contributed by atoms with Crippen LogP contribution in [0.3, 0.4) is 0 Å². The van der Waals surface area contributed by atoms with Crippen LogP contribution < -0.4 is 16.0 Å². The number of hydrogen-bond acceptors (Lipinski definition) is 7. The van der Waals surface area contributed by atoms with E-state index >= 15 is 0 Å². The summed E-state index contributed by atoms with van der Waals surface area (Å²) in [4.78, 5) is 37.1. The minimum atomic E-state index is -1.16. The van der Waals surface area contributed by atoms with Crippen LogP contribution in [0.15, 0.2) is 40.1 Å². The van der Waals surface area contributed by atoms with Gasteiger partial charge in [-0.15, -0.1) is 0 Å². The van der Waals surface area contributed by atoms with Crippen molar-refractivity contribution in [3.8, 4) is 5.75 Å². The number of nitrogens with zero attached hydrogens (tertiary/aromatic N) is 1. The number of benzene rings is 1. The number of hydrogen-bond donors (Lipinski definition) is 2. The van der Waals surface area contributed by atoms with Gasteiger partial charge in [-0.3, -0.25) is 14.3 Å². The lowest BCUT2D eigenvalue weighted by Gasteiger charge is -2.16. The van der Waals surface area contributed by atoms with Crippen molar-refractivity contribution in [3.05, 3.63) is 62.7 Å². The van der Waals surface area contributed by atoms with Crippen LogP contribution >= 0.6 is 0 Å². The minimum absolute atomic E-state index is 0.00148. The molecule has 27 heavy (non-hydrogen) atoms. The summed E-state index contributed by atoms with van der Waals surface area (Å²) in [6, 6.07) is 6.22. The van der Waals surface area contributed by atoms with Gasteiger partial charge >= 0.3 is 11.7 Å². The van der Waals surface area contributed by atoms with Crippen LogP contribution in [-0.4, -0.2) is 46.6 Å². The van der Waals surface area contributed by atoms with Gasteiger partial charge in [0.15, 0.2) is 0 Å². The Morgan fingerprint density at radius 1 is 1.37 bits per heavy atom. The van der Waals surface area contributed by atoms with Gasteiger partial charge in [-0.05, 0) is 24.3 Å². The Labute approximate surface area is 151 Å². The van der Waals surface area contributed by atoms with E-state index in [-0.39, 0.29) is 12.0 Å². The Morgan fingerprint density at radius 2 is 2.07 bits per heavy atom. The van der Waals surface area contributed by atoms with Gasteiger partial charge in [-0.1, -0.05) is 0 Å². The molecule has 1 aromatic heterocycles. The molecule has 2 N–H and O–H groups in total. The van der Waals surface area contributed by atoms with Gasteiger partial charge in [0.25, 0.3) is 5.56 Å². The summed E-state index contributed by atoms with van der Waals surface area (Å²) in [5, 5.41) is 9.47. The molecule has 0 saturated carbocycles. The highest BCUT2D eigenvalue weighted by Crippen LogP contribution is 2.30. The topological polar surface area (TPSA) is 120 Å². The van der Waals surface area contributed by atoms with Gasteiger partial charge in [0.05, 0.1) is 25.5 Å². The highest BCUT2D eigenvalue weighted by Gasteiger charge is 2.39. The number of rotatable bonds is 5. The fourth-order valence-corrected chi connectivity index (χ4v) is 2.77. The second kappa shape index (κ2) is 7.72. The molecule has 0 amide bonds. The predicted molar refractivity (Wildman–Crippen MR) is 89.1 cm³/mol. The summed E-state index contributed by atoms with van der Waals surface area (Å²) in [5.41, 5.74) is -1.75. The van der Waals surface area contributed by atoms with Gasteiger partial charge < -0.3 is 19.3 Å². The Bertz CT molecular complexity index is 938. The van der Waals surface area contributed by atoms with E-state index in [4.69, 9.17) is 14.2 Å². The third-order valence-corrected chi connectivity index (χ3v) is 4.18. The van der Waals surface area contributed by atoms with Crippen LogP contribution in [-0.2, 0) is 9.47 Å². The first-order valence-corrected chi connectivity index (χ1v) is 8.05. The van der Waals surface area contributed by atoms with Crippen LogP contribution in [0.4, 0.5) is 4.39 Å². The number of esters is 1. The van der Waals surface area contributed by atoms with Gasteiger partial charge in [-0.2, -0.15) is 4.39 Å². The maximum atomic E-state index is 13.5. The van der Waals surface area contributed by atoms with Crippen molar-refractivity contribution in [1.82, 2.24) is 9.55 Å². The van der Waals surface area contributed by atoms with Gasteiger partial charge in [0.2, 0.25) is 5.82 Å². The molecule has 144 valence electrons. The van der Waals surface area contributed by atoms with Crippen LogP contribution in [0, 0.1) is 5.82 Å². The molecule has 9 nitrogen and oxygen atoms in total. The first kappa shape index (κ1) is 18.8. The second-order valence-corrected chi connectivity index (χ2v) is 5.86. The zero-order valence-electron chi connectivity index (χ0n) is 14.3. The molecule has 3 atom stereocenters. The van der Waals surface area contributed by atoms with Crippen molar-refractivity contribution in [2.45, 2.75) is 24.9 Å². The number of methoxy groups -OCH3 is 1. The standard InChI is InChI=1S/C17H17FN2O7/c1-25-10-4-2-9(3-5-10)16(23)27-12-6-14(26-13(12)8-21)20-7-11(18)15(22)19-17(20)24/h2-5,7,12-14,21H,6,8H2,1H3,(H,19,22,24)/t12-,13+,14+/m0/s1. The lowest BCUT2D eigenvalue weighted by Crippen LogP contribution is -2.34. The second-order valence-electron chi connectivity index (χ2n) is 5.86. The molecule has 3 rings (SSSR count). The van der Waals surface area contributed by atoms with Crippen LogP contribution in [0.2, 0.25) is 0 Å². The van der Waals surface area contributed by atoms with Crippen molar-refractivity contribution < 1.29 is 28.5 Å². The number of nitrogens with one attached hydrogen (secondary N) is 1. The van der Waals surface area contributed by atoms with Crippen molar-refractivity contribution >= 4 is 5.97 Å². The molecule has 0 unspecified atom stereocenters. The number of ether oxygens (including phenoxy) is 3. The first-order chi connectivity index (χ1) is 12.9. The Kier molecular flexibility index (Phi) is 5.38. The molecule has 1 saturated heterocycles. The van der Waals surface area contributed by atoms with E-state index in [2.05, 4.69) is 0 Å². The Balaban J connectivity index is 1.76. The average molecular weight is 380 g/mol. The van der Waals surface area contributed by atoms with Gasteiger partial charge in [-0.25, -0.2) is 9.59 Å². The van der Waals surface area contributed by atoms with Crippen LogP contribution in [0.5, 0.6) is 5.75 Å². The quantitative estimate of drug-likeness (QED) is 0.711. The van der Waals surface area contributed by atoms with E-state index in [1.54, 1.807) is 12.1 Å². The van der Waals surface area contributed by atoms with Crippen molar-refractivity contribution in [1.29, 1.82) is 0 Å². The summed E-state index contributed by atoms with van der Waals surface area (Å²) < 4.78 is 30.2. The molecule has 1 aliphatic heterocycles. The van der Waals surface area contributed by atoms with Crippen molar-refractivity contribution in [3.63, 3.8) is 0 Å². The maximum Gasteiger partial charge on any atom is 0.338 e. The molecule has 2 heterocycles. The third kappa shape index (κ3) is 3.91. The smallest absolute Gasteiger partial charge is 0.338 e. The van der Waals surface area contributed by atoms with E-state index in [0.29, 0.717) is 11.9 Å². The molecule has 0 aliphatic carbocycles. The maximum absolute atomic E-state index is 13.5. The van der Waals surface area contributed by atoms with E-state index in [9.17, 15) is 23.9 Å². The summed E-state index contributed by atoms with van der Waals surface area (Å²) >= 11 is 0. The summed E-state index contributed by atoms with van der Waals surface area (Å²) in [6.45, 7) is -0.475. The molecule has 0 radical (unpaired) electrons. The van der Waals surface area contributed by atoms with E-state index in [1.807, 2.05) is 4.98 Å². The van der Waals surface area contributed by atoms with E-state index in [0.717, 1.165) is 4.57 Å². The molecule has 0 bridgehead atoms. The van der Waals surface area contributed by atoms with E-state index in [1.165, 1.54) is 19.2 Å². The summed E-state index contributed by atoms with van der Waals surface area (Å²) in [7, 11) is 1.50. The number of aliphatic hydroxyl groups excluding tert-OH is 1. The largest absolute Gasteiger partial charge is 0.497 e.